The van der Waals surface area contributed by atoms with Crippen molar-refractivity contribution < 1.29 is 22.4 Å². The molecule has 2 heterocycles. The summed E-state index contributed by atoms with van der Waals surface area (Å²) in [6.45, 7) is 1.82. The van der Waals surface area contributed by atoms with Crippen molar-refractivity contribution in [3.8, 4) is 11.3 Å². The molecule has 0 saturated carbocycles. The predicted octanol–water partition coefficient (Wildman–Crippen LogP) is 4.21. The van der Waals surface area contributed by atoms with E-state index in [0.29, 0.717) is 28.5 Å². The second-order valence-electron chi connectivity index (χ2n) is 7.03. The largest absolute Gasteiger partial charge is 0.455 e. The molecule has 1 atom stereocenters. The van der Waals surface area contributed by atoms with E-state index in [0.717, 1.165) is 6.07 Å². The first-order valence-electron chi connectivity index (χ1n) is 9.62. The number of benzene rings is 1. The van der Waals surface area contributed by atoms with Crippen molar-refractivity contribution in [3.63, 3.8) is 0 Å². The molecule has 10 heteroatoms. The molecule has 0 spiro atoms. The van der Waals surface area contributed by atoms with Gasteiger partial charge in [-0.1, -0.05) is 36.7 Å². The van der Waals surface area contributed by atoms with Crippen LogP contribution in [0, 0.1) is 0 Å². The van der Waals surface area contributed by atoms with Crippen LogP contribution in [-0.4, -0.2) is 28.3 Å². The van der Waals surface area contributed by atoms with Gasteiger partial charge < -0.3 is 15.5 Å². The van der Waals surface area contributed by atoms with E-state index in [-0.39, 0.29) is 24.3 Å². The number of amides is 1. The van der Waals surface area contributed by atoms with Gasteiger partial charge in [-0.2, -0.15) is 18.3 Å². The van der Waals surface area contributed by atoms with Crippen LogP contribution in [-0.2, 0) is 26.1 Å². The number of aromatic nitrogens is 2. The lowest BCUT2D eigenvalue weighted by Gasteiger charge is -2.19. The van der Waals surface area contributed by atoms with Gasteiger partial charge in [-0.25, -0.2) is 0 Å². The van der Waals surface area contributed by atoms with Crippen molar-refractivity contribution >= 4 is 17.5 Å². The number of nitrogens with two attached hydrogens (primary N) is 1. The molecule has 1 amide bonds. The Morgan fingerprint density at radius 3 is 2.65 bits per heavy atom. The Morgan fingerprint density at radius 2 is 2.06 bits per heavy atom. The third-order valence-corrected chi connectivity index (χ3v) is 5.19. The lowest BCUT2D eigenvalue weighted by atomic mass is 9.99. The molecule has 0 aliphatic rings. The van der Waals surface area contributed by atoms with E-state index in [9.17, 15) is 18.0 Å². The number of carbonyl (C=O) groups excluding carboxylic acids is 1. The molecule has 0 bridgehead atoms. The van der Waals surface area contributed by atoms with E-state index in [1.54, 1.807) is 17.8 Å². The van der Waals surface area contributed by atoms with Gasteiger partial charge >= 0.3 is 6.18 Å². The number of rotatable bonds is 7. The first-order chi connectivity index (χ1) is 14.7. The van der Waals surface area contributed by atoms with E-state index in [2.05, 4.69) is 10.4 Å². The number of nitrogens with zero attached hydrogens (tertiary/aromatic N) is 2. The average molecular weight is 455 g/mol. The zero-order valence-electron chi connectivity index (χ0n) is 17.0. The van der Waals surface area contributed by atoms with Gasteiger partial charge in [0.2, 0.25) is 0 Å². The maximum Gasteiger partial charge on any atom is 0.416 e. The summed E-state index contributed by atoms with van der Waals surface area (Å²) in [5, 5.41) is 7.17. The van der Waals surface area contributed by atoms with E-state index < -0.39 is 23.7 Å². The van der Waals surface area contributed by atoms with E-state index in [1.165, 1.54) is 24.4 Å². The molecule has 1 aromatic carbocycles. The Kier molecular flexibility index (Phi) is 6.76. The van der Waals surface area contributed by atoms with E-state index in [1.807, 2.05) is 6.92 Å². The number of alkyl halides is 3. The molecule has 0 radical (unpaired) electrons. The van der Waals surface area contributed by atoms with Crippen molar-refractivity contribution in [2.24, 2.45) is 12.8 Å². The fraction of sp³-hybridized carbons (Fsp3) is 0.333. The molecular formula is C21H22ClF3N4O2. The molecule has 3 N–H and O–H groups in total. The molecule has 0 saturated heterocycles. The minimum atomic E-state index is -4.49. The van der Waals surface area contributed by atoms with Crippen LogP contribution in [0.15, 0.2) is 40.9 Å². The number of furan rings is 1. The Balaban J connectivity index is 1.83. The molecule has 0 aliphatic heterocycles. The minimum absolute atomic E-state index is 0.0201. The predicted molar refractivity (Wildman–Crippen MR) is 111 cm³/mol. The fourth-order valence-electron chi connectivity index (χ4n) is 3.41. The number of halogens is 4. The average Bonchev–Trinajstić information content (AvgIpc) is 3.29. The minimum Gasteiger partial charge on any atom is -0.455 e. The summed E-state index contributed by atoms with van der Waals surface area (Å²) >= 11 is 6.21. The first-order valence-corrected chi connectivity index (χ1v) is 10.00. The maximum absolute atomic E-state index is 13.3. The Labute approximate surface area is 182 Å². The molecule has 6 nitrogen and oxygen atoms in total. The van der Waals surface area contributed by atoms with Gasteiger partial charge in [-0.05, 0) is 24.1 Å². The molecule has 3 aromatic rings. The smallest absolute Gasteiger partial charge is 0.416 e. The lowest BCUT2D eigenvalue weighted by Crippen LogP contribution is -2.42. The third kappa shape index (κ3) is 4.94. The SMILES string of the molecule is CCc1oc(C(=O)NC(CN)Cc2ccccc2C(F)(F)F)cc1-c1c(Cl)cnn1C. The molecule has 166 valence electrons. The van der Waals surface area contributed by atoms with Crippen LogP contribution < -0.4 is 11.1 Å². The quantitative estimate of drug-likeness (QED) is 0.560. The van der Waals surface area contributed by atoms with Gasteiger partial charge in [0.15, 0.2) is 5.76 Å². The summed E-state index contributed by atoms with van der Waals surface area (Å²) < 4.78 is 47.1. The van der Waals surface area contributed by atoms with Crippen LogP contribution in [0.1, 0.15) is 34.4 Å². The standard InChI is InChI=1S/C21H22ClF3N4O2/c1-3-17-14(19-16(22)11-27-29(19)2)9-18(31-17)20(30)28-13(10-26)8-12-6-4-5-7-15(12)21(23,24)25/h4-7,9,11,13H,3,8,10,26H2,1-2H3,(H,28,30). The van der Waals surface area contributed by atoms with Crippen molar-refractivity contribution in [1.29, 1.82) is 0 Å². The van der Waals surface area contributed by atoms with Crippen LogP contribution in [0.3, 0.4) is 0 Å². The van der Waals surface area contributed by atoms with Crippen LogP contribution in [0.4, 0.5) is 13.2 Å². The molecule has 3 rings (SSSR count). The Hall–Kier alpha value is -2.78. The summed E-state index contributed by atoms with van der Waals surface area (Å²) in [5.41, 5.74) is 6.27. The Bertz CT molecular complexity index is 1060. The molecule has 31 heavy (non-hydrogen) atoms. The summed E-state index contributed by atoms with van der Waals surface area (Å²) in [6, 6.07) is 6.06. The summed E-state index contributed by atoms with van der Waals surface area (Å²) in [5.74, 6) is -0.00628. The van der Waals surface area contributed by atoms with Gasteiger partial charge in [0.25, 0.3) is 5.91 Å². The first kappa shape index (κ1) is 22.9. The van der Waals surface area contributed by atoms with Gasteiger partial charge in [0.1, 0.15) is 5.76 Å². The van der Waals surface area contributed by atoms with Crippen molar-refractivity contribution in [3.05, 3.63) is 64.2 Å². The number of nitrogens with one attached hydrogen (secondary N) is 1. The number of hydrogen-bond donors (Lipinski definition) is 2. The summed E-state index contributed by atoms with van der Waals surface area (Å²) in [6.07, 6.45) is -2.57. The second-order valence-corrected chi connectivity index (χ2v) is 7.44. The normalized spacial score (nSPS) is 12.7. The van der Waals surface area contributed by atoms with Crippen molar-refractivity contribution in [2.75, 3.05) is 6.54 Å². The molecule has 2 aromatic heterocycles. The summed E-state index contributed by atoms with van der Waals surface area (Å²) in [7, 11) is 1.72. The maximum atomic E-state index is 13.3. The van der Waals surface area contributed by atoms with Gasteiger partial charge in [-0.15, -0.1) is 0 Å². The van der Waals surface area contributed by atoms with Gasteiger partial charge in [0, 0.05) is 31.6 Å². The van der Waals surface area contributed by atoms with Crippen LogP contribution in [0.25, 0.3) is 11.3 Å². The topological polar surface area (TPSA) is 86.1 Å². The number of carbonyl (C=O) groups is 1. The molecule has 0 aliphatic carbocycles. The number of hydrogen-bond acceptors (Lipinski definition) is 4. The highest BCUT2D eigenvalue weighted by molar-refractivity contribution is 6.33. The monoisotopic (exact) mass is 454 g/mol. The second kappa shape index (κ2) is 9.15. The molecular weight excluding hydrogens is 433 g/mol. The molecule has 0 fully saturated rings. The lowest BCUT2D eigenvalue weighted by molar-refractivity contribution is -0.138. The van der Waals surface area contributed by atoms with Crippen LogP contribution in [0.2, 0.25) is 5.02 Å². The van der Waals surface area contributed by atoms with Crippen molar-refractivity contribution in [1.82, 2.24) is 15.1 Å². The fourth-order valence-corrected chi connectivity index (χ4v) is 3.68. The highest BCUT2D eigenvalue weighted by atomic mass is 35.5. The van der Waals surface area contributed by atoms with Gasteiger partial charge in [-0.3, -0.25) is 9.48 Å². The van der Waals surface area contributed by atoms with Gasteiger partial charge in [0.05, 0.1) is 22.5 Å². The highest BCUT2D eigenvalue weighted by Crippen LogP contribution is 2.34. The zero-order valence-corrected chi connectivity index (χ0v) is 17.7. The van der Waals surface area contributed by atoms with E-state index in [4.69, 9.17) is 21.8 Å². The summed E-state index contributed by atoms with van der Waals surface area (Å²) in [4.78, 5) is 12.8. The Morgan fingerprint density at radius 1 is 1.35 bits per heavy atom. The third-order valence-electron chi connectivity index (χ3n) is 4.91. The number of aryl methyl sites for hydroxylation is 2. The zero-order chi connectivity index (χ0) is 22.8. The van der Waals surface area contributed by atoms with Crippen LogP contribution in [0.5, 0.6) is 0 Å². The van der Waals surface area contributed by atoms with E-state index >= 15 is 0 Å². The van der Waals surface area contributed by atoms with Crippen molar-refractivity contribution in [2.45, 2.75) is 32.0 Å². The highest BCUT2D eigenvalue weighted by Gasteiger charge is 2.33. The van der Waals surface area contributed by atoms with Crippen LogP contribution >= 0.6 is 11.6 Å². The molecule has 1 unspecified atom stereocenters.